The molecule has 0 saturated carbocycles. The zero-order valence-electron chi connectivity index (χ0n) is 19.4. The van der Waals surface area contributed by atoms with E-state index in [1.165, 1.54) is 14.2 Å². The number of carbonyl (C=O) groups is 2. The van der Waals surface area contributed by atoms with Crippen LogP contribution in [0, 0.1) is 20.8 Å². The number of benzene rings is 3. The van der Waals surface area contributed by atoms with Gasteiger partial charge in [-0.15, -0.1) is 0 Å². The third-order valence-electron chi connectivity index (χ3n) is 5.67. The van der Waals surface area contributed by atoms with E-state index in [2.05, 4.69) is 5.32 Å². The van der Waals surface area contributed by atoms with Crippen molar-refractivity contribution in [1.29, 1.82) is 0 Å². The number of hydrogen-bond acceptors (Lipinski definition) is 5. The molecule has 6 nitrogen and oxygen atoms in total. The van der Waals surface area contributed by atoms with Crippen molar-refractivity contribution in [1.82, 2.24) is 0 Å². The van der Waals surface area contributed by atoms with Gasteiger partial charge in [0.05, 0.1) is 25.5 Å². The normalized spacial score (nSPS) is 13.5. The van der Waals surface area contributed by atoms with E-state index in [0.717, 1.165) is 27.3 Å². The van der Waals surface area contributed by atoms with Crippen LogP contribution in [0.5, 0.6) is 11.5 Å². The highest BCUT2D eigenvalue weighted by Gasteiger charge is 2.40. The van der Waals surface area contributed by atoms with E-state index in [9.17, 15) is 9.59 Å². The summed E-state index contributed by atoms with van der Waals surface area (Å²) in [5, 5.41) is 3.26. The molecule has 168 valence electrons. The lowest BCUT2D eigenvalue weighted by Crippen LogP contribution is -2.32. The fourth-order valence-electron chi connectivity index (χ4n) is 3.79. The maximum Gasteiger partial charge on any atom is 0.282 e. The Labute approximate surface area is 193 Å². The molecule has 1 aliphatic heterocycles. The summed E-state index contributed by atoms with van der Waals surface area (Å²) in [5.41, 5.74) is 5.47. The summed E-state index contributed by atoms with van der Waals surface area (Å²) in [5.74, 6) is 0.120. The van der Waals surface area contributed by atoms with E-state index in [1.807, 2.05) is 63.2 Å². The minimum Gasteiger partial charge on any atom is -0.497 e. The van der Waals surface area contributed by atoms with Crippen LogP contribution in [0.4, 0.5) is 11.4 Å². The monoisotopic (exact) mass is 442 g/mol. The summed E-state index contributed by atoms with van der Waals surface area (Å²) in [6, 6.07) is 18.5. The Balaban J connectivity index is 1.86. The van der Waals surface area contributed by atoms with Crippen LogP contribution in [0.1, 0.15) is 22.3 Å². The Hall–Kier alpha value is -4.06. The maximum absolute atomic E-state index is 13.7. The van der Waals surface area contributed by atoms with E-state index in [0.29, 0.717) is 28.3 Å². The molecular formula is C27H26N2O4. The van der Waals surface area contributed by atoms with Gasteiger partial charge in [0.15, 0.2) is 0 Å². The van der Waals surface area contributed by atoms with Crippen LogP contribution in [-0.2, 0) is 9.59 Å². The molecule has 0 atom stereocenters. The van der Waals surface area contributed by atoms with Gasteiger partial charge in [-0.1, -0.05) is 42.0 Å². The summed E-state index contributed by atoms with van der Waals surface area (Å²) in [6.07, 6.45) is 0. The molecule has 0 aromatic heterocycles. The van der Waals surface area contributed by atoms with E-state index in [1.54, 1.807) is 18.2 Å². The molecule has 0 radical (unpaired) electrons. The van der Waals surface area contributed by atoms with Gasteiger partial charge >= 0.3 is 0 Å². The van der Waals surface area contributed by atoms with Crippen LogP contribution in [0.25, 0.3) is 5.57 Å². The lowest BCUT2D eigenvalue weighted by molar-refractivity contribution is -0.120. The Morgan fingerprint density at radius 3 is 1.94 bits per heavy atom. The van der Waals surface area contributed by atoms with Gasteiger partial charge in [0.2, 0.25) is 0 Å². The second-order valence-electron chi connectivity index (χ2n) is 8.08. The van der Waals surface area contributed by atoms with Gasteiger partial charge in [-0.25, -0.2) is 4.90 Å². The third-order valence-corrected chi connectivity index (χ3v) is 5.67. The zero-order chi connectivity index (χ0) is 23.7. The van der Waals surface area contributed by atoms with Crippen molar-refractivity contribution in [3.05, 3.63) is 88.6 Å². The second-order valence-corrected chi connectivity index (χ2v) is 8.08. The van der Waals surface area contributed by atoms with Crippen molar-refractivity contribution in [2.24, 2.45) is 0 Å². The molecule has 1 heterocycles. The topological polar surface area (TPSA) is 67.9 Å². The lowest BCUT2D eigenvalue weighted by atomic mass is 10.0. The summed E-state index contributed by atoms with van der Waals surface area (Å²) in [6.45, 7) is 5.92. The van der Waals surface area contributed by atoms with Gasteiger partial charge < -0.3 is 14.8 Å². The fraction of sp³-hybridized carbons (Fsp3) is 0.185. The van der Waals surface area contributed by atoms with Crippen molar-refractivity contribution >= 4 is 28.8 Å². The summed E-state index contributed by atoms with van der Waals surface area (Å²) >= 11 is 0. The molecule has 1 N–H and O–H groups in total. The van der Waals surface area contributed by atoms with Gasteiger partial charge in [-0.3, -0.25) is 9.59 Å². The second kappa shape index (κ2) is 8.82. The van der Waals surface area contributed by atoms with E-state index < -0.39 is 11.8 Å². The molecule has 6 heteroatoms. The maximum atomic E-state index is 13.7. The molecule has 0 fully saturated rings. The number of nitrogens with one attached hydrogen (secondary N) is 1. The number of nitrogens with zero attached hydrogens (tertiary/aromatic N) is 1. The van der Waals surface area contributed by atoms with Crippen molar-refractivity contribution in [3.63, 3.8) is 0 Å². The van der Waals surface area contributed by atoms with Gasteiger partial charge in [0.25, 0.3) is 11.8 Å². The summed E-state index contributed by atoms with van der Waals surface area (Å²) < 4.78 is 10.7. The van der Waals surface area contributed by atoms with Crippen molar-refractivity contribution in [3.8, 4) is 11.5 Å². The third kappa shape index (κ3) is 4.20. The number of imide groups is 1. The van der Waals surface area contributed by atoms with Crippen molar-refractivity contribution in [2.45, 2.75) is 20.8 Å². The predicted molar refractivity (Wildman–Crippen MR) is 130 cm³/mol. The number of ether oxygens (including phenoxy) is 2. The number of hydrogen-bond donors (Lipinski definition) is 1. The largest absolute Gasteiger partial charge is 0.497 e. The van der Waals surface area contributed by atoms with E-state index in [4.69, 9.17) is 9.47 Å². The van der Waals surface area contributed by atoms with E-state index in [-0.39, 0.29) is 5.70 Å². The highest BCUT2D eigenvalue weighted by Crippen LogP contribution is 2.37. The predicted octanol–water partition coefficient (Wildman–Crippen LogP) is 5.03. The SMILES string of the molecule is COc1cc(OC)cc(N2C(=O)C(Nc3cc(C)ccc3C)=C(c3ccc(C)cc3)C2=O)c1. The smallest absolute Gasteiger partial charge is 0.282 e. The van der Waals surface area contributed by atoms with Crippen LogP contribution >= 0.6 is 0 Å². The Kier molecular flexibility index (Phi) is 5.92. The first kappa shape index (κ1) is 22.1. The van der Waals surface area contributed by atoms with Crippen LogP contribution < -0.4 is 19.7 Å². The molecule has 0 bridgehead atoms. The van der Waals surface area contributed by atoms with Crippen LogP contribution in [-0.4, -0.2) is 26.0 Å². The van der Waals surface area contributed by atoms with Crippen LogP contribution in [0.3, 0.4) is 0 Å². The molecule has 0 unspecified atom stereocenters. The number of methoxy groups -OCH3 is 2. The first-order valence-electron chi connectivity index (χ1n) is 10.6. The molecule has 2 amide bonds. The first-order valence-corrected chi connectivity index (χ1v) is 10.6. The number of amides is 2. The summed E-state index contributed by atoms with van der Waals surface area (Å²) in [4.78, 5) is 28.5. The molecular weight excluding hydrogens is 416 g/mol. The summed E-state index contributed by atoms with van der Waals surface area (Å²) in [7, 11) is 3.05. The highest BCUT2D eigenvalue weighted by molar-refractivity contribution is 6.46. The molecule has 0 saturated heterocycles. The number of rotatable bonds is 6. The molecule has 3 aromatic rings. The molecule has 3 aromatic carbocycles. The van der Waals surface area contributed by atoms with E-state index >= 15 is 0 Å². The molecule has 1 aliphatic rings. The van der Waals surface area contributed by atoms with Crippen molar-refractivity contribution in [2.75, 3.05) is 24.4 Å². The van der Waals surface area contributed by atoms with Crippen LogP contribution in [0.15, 0.2) is 66.4 Å². The molecule has 0 aliphatic carbocycles. The average molecular weight is 443 g/mol. The Morgan fingerprint density at radius 2 is 1.33 bits per heavy atom. The van der Waals surface area contributed by atoms with Crippen LogP contribution in [0.2, 0.25) is 0 Å². The Bertz CT molecular complexity index is 1250. The molecule has 4 rings (SSSR count). The number of carbonyl (C=O) groups excluding carboxylic acids is 2. The van der Waals surface area contributed by atoms with Gasteiger partial charge in [0.1, 0.15) is 17.2 Å². The number of anilines is 2. The molecule has 33 heavy (non-hydrogen) atoms. The van der Waals surface area contributed by atoms with Gasteiger partial charge in [-0.2, -0.15) is 0 Å². The first-order chi connectivity index (χ1) is 15.8. The highest BCUT2D eigenvalue weighted by atomic mass is 16.5. The average Bonchev–Trinajstić information content (AvgIpc) is 3.05. The lowest BCUT2D eigenvalue weighted by Gasteiger charge is -2.18. The Morgan fingerprint density at radius 1 is 0.727 bits per heavy atom. The standard InChI is InChI=1S/C27H26N2O4/c1-16-7-10-19(11-8-16)24-25(28-23-12-17(2)6-9-18(23)3)27(31)29(26(24)30)20-13-21(32-4)15-22(14-20)33-5/h6-15,28H,1-5H3. The van der Waals surface area contributed by atoms with Gasteiger partial charge in [-0.05, 0) is 43.5 Å². The zero-order valence-corrected chi connectivity index (χ0v) is 19.4. The quantitative estimate of drug-likeness (QED) is 0.543. The minimum atomic E-state index is -0.438. The number of aryl methyl sites for hydroxylation is 3. The van der Waals surface area contributed by atoms with Crippen molar-refractivity contribution < 1.29 is 19.1 Å². The fourth-order valence-corrected chi connectivity index (χ4v) is 3.79. The van der Waals surface area contributed by atoms with Gasteiger partial charge in [0, 0.05) is 23.9 Å². The minimum absolute atomic E-state index is 0.235. The molecule has 0 spiro atoms.